The maximum atomic E-state index is 13.2. The van der Waals surface area contributed by atoms with Gasteiger partial charge in [-0.1, -0.05) is 6.07 Å². The first-order valence-electron chi connectivity index (χ1n) is 4.34. The molecule has 1 rings (SSSR count). The quantitative estimate of drug-likeness (QED) is 0.604. The van der Waals surface area contributed by atoms with Gasteiger partial charge in [0.25, 0.3) is 0 Å². The van der Waals surface area contributed by atoms with Crippen molar-refractivity contribution in [2.75, 3.05) is 25.2 Å². The Labute approximate surface area is 87.6 Å². The lowest BCUT2D eigenvalue weighted by Gasteiger charge is -2.03. The van der Waals surface area contributed by atoms with Crippen LogP contribution in [0.2, 0.25) is 0 Å². The number of ether oxygens (including phenoxy) is 1. The maximum absolute atomic E-state index is 13.2. The van der Waals surface area contributed by atoms with Crippen LogP contribution in [0.1, 0.15) is 5.56 Å². The van der Waals surface area contributed by atoms with E-state index in [1.54, 1.807) is 31.0 Å². The Morgan fingerprint density at radius 3 is 2.93 bits per heavy atom. The Morgan fingerprint density at radius 2 is 2.29 bits per heavy atom. The molecule has 14 heavy (non-hydrogen) atoms. The normalized spacial score (nSPS) is 10.4. The monoisotopic (exact) mass is 215 g/mol. The Morgan fingerprint density at radius 1 is 1.50 bits per heavy atom. The summed E-state index contributed by atoms with van der Waals surface area (Å²) in [5.74, 6) is 1.31. The third-order valence-electron chi connectivity index (χ3n) is 1.77. The largest absolute Gasteiger partial charge is 0.399 e. The molecule has 0 radical (unpaired) electrons. The molecule has 0 heterocycles. The van der Waals surface area contributed by atoms with Crippen molar-refractivity contribution >= 4 is 17.4 Å². The van der Waals surface area contributed by atoms with Gasteiger partial charge in [0.2, 0.25) is 0 Å². The Kier molecular flexibility index (Phi) is 4.76. The summed E-state index contributed by atoms with van der Waals surface area (Å²) in [5, 5.41) is 0. The molecule has 78 valence electrons. The first kappa shape index (κ1) is 11.3. The highest BCUT2D eigenvalue weighted by atomic mass is 32.2. The fourth-order valence-corrected chi connectivity index (χ4v) is 1.89. The maximum Gasteiger partial charge on any atom is 0.129 e. The minimum atomic E-state index is -0.227. The van der Waals surface area contributed by atoms with Gasteiger partial charge < -0.3 is 10.5 Å². The fourth-order valence-electron chi connectivity index (χ4n) is 1.01. The summed E-state index contributed by atoms with van der Waals surface area (Å²) in [4.78, 5) is 0. The Balaban J connectivity index is 2.42. The molecule has 0 aliphatic heterocycles. The summed E-state index contributed by atoms with van der Waals surface area (Å²) in [6.45, 7) is 0.696. The average Bonchev–Trinajstić information content (AvgIpc) is 2.15. The van der Waals surface area contributed by atoms with E-state index in [0.717, 1.165) is 5.75 Å². The third-order valence-corrected chi connectivity index (χ3v) is 2.74. The van der Waals surface area contributed by atoms with Crippen molar-refractivity contribution in [3.05, 3.63) is 29.6 Å². The summed E-state index contributed by atoms with van der Waals surface area (Å²) >= 11 is 1.65. The van der Waals surface area contributed by atoms with Gasteiger partial charge in [0.05, 0.1) is 6.61 Å². The lowest BCUT2D eigenvalue weighted by atomic mass is 10.2. The SMILES string of the molecule is COCCSCc1ccc(N)cc1F. The van der Waals surface area contributed by atoms with Crippen LogP contribution in [0.25, 0.3) is 0 Å². The zero-order chi connectivity index (χ0) is 10.4. The highest BCUT2D eigenvalue weighted by Crippen LogP contribution is 2.17. The van der Waals surface area contributed by atoms with Gasteiger partial charge in [-0.2, -0.15) is 11.8 Å². The topological polar surface area (TPSA) is 35.2 Å². The molecule has 0 amide bonds. The molecular formula is C10H14FNOS. The molecule has 0 saturated heterocycles. The van der Waals surface area contributed by atoms with Gasteiger partial charge >= 0.3 is 0 Å². The number of thioether (sulfide) groups is 1. The molecule has 0 aromatic heterocycles. The number of methoxy groups -OCH3 is 1. The molecule has 0 aliphatic carbocycles. The van der Waals surface area contributed by atoms with Gasteiger partial charge in [0, 0.05) is 24.3 Å². The first-order chi connectivity index (χ1) is 6.74. The van der Waals surface area contributed by atoms with E-state index >= 15 is 0 Å². The van der Waals surface area contributed by atoms with Crippen molar-refractivity contribution in [1.29, 1.82) is 0 Å². The zero-order valence-electron chi connectivity index (χ0n) is 8.13. The van der Waals surface area contributed by atoms with Gasteiger partial charge in [-0.05, 0) is 17.7 Å². The second kappa shape index (κ2) is 5.88. The highest BCUT2D eigenvalue weighted by molar-refractivity contribution is 7.98. The number of hydrogen-bond donors (Lipinski definition) is 1. The molecule has 0 bridgehead atoms. The van der Waals surface area contributed by atoms with Crippen molar-refractivity contribution in [2.45, 2.75) is 5.75 Å². The molecule has 4 heteroatoms. The zero-order valence-corrected chi connectivity index (χ0v) is 8.94. The van der Waals surface area contributed by atoms with Crippen molar-refractivity contribution in [1.82, 2.24) is 0 Å². The van der Waals surface area contributed by atoms with Crippen LogP contribution in [-0.2, 0) is 10.5 Å². The van der Waals surface area contributed by atoms with Crippen LogP contribution in [0.4, 0.5) is 10.1 Å². The van der Waals surface area contributed by atoms with Gasteiger partial charge in [-0.15, -0.1) is 0 Å². The van der Waals surface area contributed by atoms with Crippen LogP contribution in [0, 0.1) is 5.82 Å². The highest BCUT2D eigenvalue weighted by Gasteiger charge is 2.01. The van der Waals surface area contributed by atoms with E-state index < -0.39 is 0 Å². The lowest BCUT2D eigenvalue weighted by molar-refractivity contribution is 0.218. The molecule has 0 saturated carbocycles. The number of hydrogen-bond acceptors (Lipinski definition) is 3. The number of rotatable bonds is 5. The lowest BCUT2D eigenvalue weighted by Crippen LogP contribution is -1.95. The van der Waals surface area contributed by atoms with Crippen LogP contribution in [-0.4, -0.2) is 19.5 Å². The van der Waals surface area contributed by atoms with Gasteiger partial charge in [-0.3, -0.25) is 0 Å². The van der Waals surface area contributed by atoms with Crippen molar-refractivity contribution in [2.24, 2.45) is 0 Å². The number of halogens is 1. The van der Waals surface area contributed by atoms with Crippen LogP contribution in [0.15, 0.2) is 18.2 Å². The molecule has 0 unspecified atom stereocenters. The van der Waals surface area contributed by atoms with Crippen molar-refractivity contribution in [3.63, 3.8) is 0 Å². The van der Waals surface area contributed by atoms with Gasteiger partial charge in [0.15, 0.2) is 0 Å². The molecule has 2 N–H and O–H groups in total. The molecule has 0 atom stereocenters. The predicted octanol–water partition coefficient (Wildman–Crippen LogP) is 2.29. The smallest absolute Gasteiger partial charge is 0.129 e. The minimum Gasteiger partial charge on any atom is -0.399 e. The molecule has 0 fully saturated rings. The number of nitrogens with two attached hydrogens (primary N) is 1. The standard InChI is InChI=1S/C10H14FNOS/c1-13-4-5-14-7-8-2-3-9(12)6-10(8)11/h2-3,6H,4-5,7,12H2,1H3. The van der Waals surface area contributed by atoms with E-state index in [4.69, 9.17) is 10.5 Å². The summed E-state index contributed by atoms with van der Waals surface area (Å²) in [7, 11) is 1.66. The molecule has 1 aromatic carbocycles. The predicted molar refractivity (Wildman–Crippen MR) is 58.9 cm³/mol. The first-order valence-corrected chi connectivity index (χ1v) is 5.50. The number of nitrogen functional groups attached to an aromatic ring is 1. The molecule has 2 nitrogen and oxygen atoms in total. The molecule has 0 spiro atoms. The van der Waals surface area contributed by atoms with E-state index in [1.807, 2.05) is 0 Å². The van der Waals surface area contributed by atoms with Crippen molar-refractivity contribution in [3.8, 4) is 0 Å². The van der Waals surface area contributed by atoms with E-state index in [1.165, 1.54) is 6.07 Å². The van der Waals surface area contributed by atoms with Gasteiger partial charge in [0.1, 0.15) is 5.82 Å². The molecular weight excluding hydrogens is 201 g/mol. The van der Waals surface area contributed by atoms with E-state index in [0.29, 0.717) is 23.6 Å². The van der Waals surface area contributed by atoms with E-state index in [9.17, 15) is 4.39 Å². The second-order valence-corrected chi connectivity index (χ2v) is 4.00. The van der Waals surface area contributed by atoms with E-state index in [-0.39, 0.29) is 5.82 Å². The summed E-state index contributed by atoms with van der Waals surface area (Å²) in [6.07, 6.45) is 0. The minimum absolute atomic E-state index is 0.227. The number of benzene rings is 1. The molecule has 1 aromatic rings. The Hall–Kier alpha value is -0.740. The van der Waals surface area contributed by atoms with Crippen LogP contribution in [0.3, 0.4) is 0 Å². The Bertz CT molecular complexity index is 293. The summed E-state index contributed by atoms with van der Waals surface area (Å²) in [6, 6.07) is 4.80. The summed E-state index contributed by atoms with van der Waals surface area (Å²) < 4.78 is 18.1. The van der Waals surface area contributed by atoms with Crippen LogP contribution in [0.5, 0.6) is 0 Å². The van der Waals surface area contributed by atoms with Crippen LogP contribution >= 0.6 is 11.8 Å². The third kappa shape index (κ3) is 3.55. The van der Waals surface area contributed by atoms with Gasteiger partial charge in [-0.25, -0.2) is 4.39 Å². The number of anilines is 1. The summed E-state index contributed by atoms with van der Waals surface area (Å²) in [5.41, 5.74) is 6.60. The average molecular weight is 215 g/mol. The fraction of sp³-hybridized carbons (Fsp3) is 0.400. The molecule has 0 aliphatic rings. The van der Waals surface area contributed by atoms with E-state index in [2.05, 4.69) is 0 Å². The van der Waals surface area contributed by atoms with Crippen LogP contribution < -0.4 is 5.73 Å². The second-order valence-electron chi connectivity index (χ2n) is 2.90. The van der Waals surface area contributed by atoms with Crippen molar-refractivity contribution < 1.29 is 9.13 Å².